The van der Waals surface area contributed by atoms with Crippen LogP contribution in [0.4, 0.5) is 14.5 Å². The van der Waals surface area contributed by atoms with Gasteiger partial charge in [0.2, 0.25) is 0 Å². The second-order valence-electron chi connectivity index (χ2n) is 7.97. The second kappa shape index (κ2) is 9.84. The van der Waals surface area contributed by atoms with Gasteiger partial charge in [0, 0.05) is 22.8 Å². The van der Waals surface area contributed by atoms with Crippen molar-refractivity contribution in [3.8, 4) is 17.0 Å². The molecule has 0 bridgehead atoms. The van der Waals surface area contributed by atoms with E-state index >= 15 is 0 Å². The zero-order chi connectivity index (χ0) is 24.2. The molecule has 2 heterocycles. The lowest BCUT2D eigenvalue weighted by Gasteiger charge is -2.14. The number of aryl methyl sites for hydroxylation is 3. The summed E-state index contributed by atoms with van der Waals surface area (Å²) in [6.45, 7) is 5.48. The van der Waals surface area contributed by atoms with E-state index in [9.17, 15) is 8.78 Å². The number of halogens is 2. The highest BCUT2D eigenvalue weighted by atomic mass is 19.1. The highest BCUT2D eigenvalue weighted by Gasteiger charge is 2.17. The zero-order valence-corrected chi connectivity index (χ0v) is 18.7. The van der Waals surface area contributed by atoms with E-state index in [1.54, 1.807) is 6.20 Å². The Morgan fingerprint density at radius 3 is 2.56 bits per heavy atom. The molecule has 5 N–H and O–H groups in total. The minimum Gasteiger partial charge on any atom is -0.473 e. The monoisotopic (exact) mass is 461 g/mol. The molecule has 4 rings (SSSR count). The molecule has 0 aliphatic carbocycles. The Balaban J connectivity index is 1.68. The molecule has 2 aromatic carbocycles. The number of benzene rings is 2. The third kappa shape index (κ3) is 5.13. The van der Waals surface area contributed by atoms with Crippen molar-refractivity contribution < 1.29 is 13.5 Å². The van der Waals surface area contributed by atoms with Crippen LogP contribution in [0.5, 0.6) is 5.75 Å². The Bertz CT molecular complexity index is 1360. The Morgan fingerprint density at radius 2 is 1.85 bits per heavy atom. The molecule has 4 aromatic rings. The summed E-state index contributed by atoms with van der Waals surface area (Å²) in [6.07, 6.45) is 2.84. The minimum atomic E-state index is -0.574. The van der Waals surface area contributed by atoms with Crippen LogP contribution in [-0.4, -0.2) is 16.7 Å². The molecule has 0 spiro atoms. The van der Waals surface area contributed by atoms with Crippen LogP contribution in [-0.2, 0) is 12.8 Å². The van der Waals surface area contributed by atoms with Gasteiger partial charge in [-0.05, 0) is 79.4 Å². The molecule has 0 saturated carbocycles. The lowest BCUT2D eigenvalue weighted by molar-refractivity contribution is 0.312. The topological polar surface area (TPSA) is 99.1 Å². The highest BCUT2D eigenvalue weighted by Crippen LogP contribution is 2.32. The Labute approximate surface area is 196 Å². The van der Waals surface area contributed by atoms with Crippen LogP contribution in [0.25, 0.3) is 22.2 Å². The largest absolute Gasteiger partial charge is 0.473 e. The Morgan fingerprint density at radius 1 is 1.09 bits per heavy atom. The molecule has 0 fully saturated rings. The molecule has 0 amide bonds. The number of aromatic nitrogens is 2. The van der Waals surface area contributed by atoms with Crippen molar-refractivity contribution >= 4 is 16.6 Å². The van der Waals surface area contributed by atoms with Crippen molar-refractivity contribution in [1.29, 1.82) is 0 Å². The quantitative estimate of drug-likeness (QED) is 0.326. The number of pyridine rings is 2. The smallest absolute Gasteiger partial charge is 0.183 e. The van der Waals surface area contributed by atoms with Crippen LogP contribution < -0.4 is 21.5 Å². The van der Waals surface area contributed by atoms with E-state index in [2.05, 4.69) is 21.9 Å². The van der Waals surface area contributed by atoms with Gasteiger partial charge in [-0.25, -0.2) is 13.8 Å². The van der Waals surface area contributed by atoms with Gasteiger partial charge < -0.3 is 15.8 Å². The standard InChI is InChI=1S/C26H25F2N5O/c1-15-9-19-10-17(11-23(32-16(2)30)24(19)31-13-15)3-8-21-12-22(28)26(34-14-29)25(33-21)18-4-6-20(27)7-5-18/h4-7,9-13,32H,2-3,8,14,29-30H2,1H3. The van der Waals surface area contributed by atoms with Crippen molar-refractivity contribution in [1.82, 2.24) is 9.97 Å². The average Bonchev–Trinajstić information content (AvgIpc) is 2.79. The van der Waals surface area contributed by atoms with Gasteiger partial charge in [0.1, 0.15) is 18.2 Å². The lowest BCUT2D eigenvalue weighted by Crippen LogP contribution is -2.11. The number of fused-ring (bicyclic) bond motifs is 1. The molecule has 34 heavy (non-hydrogen) atoms. The summed E-state index contributed by atoms with van der Waals surface area (Å²) in [4.78, 5) is 9.12. The summed E-state index contributed by atoms with van der Waals surface area (Å²) < 4.78 is 33.6. The zero-order valence-electron chi connectivity index (χ0n) is 18.7. The maximum Gasteiger partial charge on any atom is 0.183 e. The van der Waals surface area contributed by atoms with E-state index in [0.29, 0.717) is 29.9 Å². The molecule has 0 aliphatic rings. The maximum atomic E-state index is 14.9. The van der Waals surface area contributed by atoms with Crippen LogP contribution in [0.3, 0.4) is 0 Å². The van der Waals surface area contributed by atoms with E-state index in [4.69, 9.17) is 16.2 Å². The minimum absolute atomic E-state index is 0.0574. The van der Waals surface area contributed by atoms with Crippen molar-refractivity contribution in [2.75, 3.05) is 12.0 Å². The van der Waals surface area contributed by atoms with E-state index in [-0.39, 0.29) is 18.2 Å². The normalized spacial score (nSPS) is 10.9. The summed E-state index contributed by atoms with van der Waals surface area (Å²) in [5.41, 5.74) is 16.1. The van der Waals surface area contributed by atoms with Crippen molar-refractivity contribution in [3.05, 3.63) is 95.6 Å². The summed E-state index contributed by atoms with van der Waals surface area (Å²) in [7, 11) is 0. The Hall–Kier alpha value is -4.04. The molecular formula is C26H25F2N5O. The molecule has 0 saturated heterocycles. The first-order chi connectivity index (χ1) is 16.3. The summed E-state index contributed by atoms with van der Waals surface area (Å²) >= 11 is 0. The average molecular weight is 462 g/mol. The highest BCUT2D eigenvalue weighted by molar-refractivity contribution is 5.92. The van der Waals surface area contributed by atoms with Crippen LogP contribution in [0.2, 0.25) is 0 Å². The van der Waals surface area contributed by atoms with Gasteiger partial charge in [0.25, 0.3) is 0 Å². The Kier molecular flexibility index (Phi) is 6.70. The number of nitrogens with one attached hydrogen (secondary N) is 1. The van der Waals surface area contributed by atoms with Gasteiger partial charge in [-0.1, -0.05) is 6.58 Å². The van der Waals surface area contributed by atoms with Gasteiger partial charge in [0.05, 0.1) is 17.0 Å². The van der Waals surface area contributed by atoms with Gasteiger partial charge in [-0.2, -0.15) is 0 Å². The maximum absolute atomic E-state index is 14.9. The van der Waals surface area contributed by atoms with Crippen LogP contribution in [0.1, 0.15) is 16.8 Å². The molecule has 0 atom stereocenters. The first-order valence-electron chi connectivity index (χ1n) is 10.7. The van der Waals surface area contributed by atoms with Gasteiger partial charge in [0.15, 0.2) is 11.6 Å². The van der Waals surface area contributed by atoms with Crippen LogP contribution in [0.15, 0.2) is 67.1 Å². The fraction of sp³-hybridized carbons (Fsp3) is 0.154. The number of nitrogens with zero attached hydrogens (tertiary/aromatic N) is 2. The van der Waals surface area contributed by atoms with E-state index in [0.717, 1.165) is 27.7 Å². The fourth-order valence-electron chi connectivity index (χ4n) is 3.81. The van der Waals surface area contributed by atoms with Crippen molar-refractivity contribution in [2.24, 2.45) is 11.5 Å². The molecule has 0 unspecified atom stereocenters. The van der Waals surface area contributed by atoms with Crippen molar-refractivity contribution in [3.63, 3.8) is 0 Å². The summed E-state index contributed by atoms with van der Waals surface area (Å²) in [5.74, 6) is -0.718. The molecule has 0 aliphatic heterocycles. The first-order valence-corrected chi connectivity index (χ1v) is 10.7. The second-order valence-corrected chi connectivity index (χ2v) is 7.97. The number of ether oxygens (including phenoxy) is 1. The third-order valence-electron chi connectivity index (χ3n) is 5.27. The third-order valence-corrected chi connectivity index (χ3v) is 5.27. The predicted octanol–water partition coefficient (Wildman–Crippen LogP) is 4.81. The molecule has 8 heteroatoms. The predicted molar refractivity (Wildman–Crippen MR) is 130 cm³/mol. The number of anilines is 1. The molecule has 6 nitrogen and oxygen atoms in total. The summed E-state index contributed by atoms with van der Waals surface area (Å²) in [6, 6.07) is 13.0. The summed E-state index contributed by atoms with van der Waals surface area (Å²) in [5, 5.41) is 4.02. The van der Waals surface area contributed by atoms with Gasteiger partial charge in [-0.3, -0.25) is 10.7 Å². The lowest BCUT2D eigenvalue weighted by atomic mass is 10.0. The molecule has 0 radical (unpaired) electrons. The number of hydrogen-bond donors (Lipinski definition) is 3. The SMILES string of the molecule is C=C(N)Nc1cc(CCc2cc(F)c(OCN)c(-c3ccc(F)cc3)n2)cc2cc(C)cnc12. The molecule has 174 valence electrons. The van der Waals surface area contributed by atoms with Crippen LogP contribution in [0, 0.1) is 18.6 Å². The first kappa shape index (κ1) is 23.1. The number of rotatable bonds is 8. The van der Waals surface area contributed by atoms with E-state index < -0.39 is 11.6 Å². The molecule has 2 aromatic heterocycles. The fourth-order valence-corrected chi connectivity index (χ4v) is 3.81. The molecular weight excluding hydrogens is 436 g/mol. The van der Waals surface area contributed by atoms with E-state index in [1.165, 1.54) is 30.3 Å². The van der Waals surface area contributed by atoms with E-state index in [1.807, 2.05) is 25.1 Å². The van der Waals surface area contributed by atoms with Crippen LogP contribution >= 0.6 is 0 Å². The van der Waals surface area contributed by atoms with Gasteiger partial charge >= 0.3 is 0 Å². The number of nitrogens with two attached hydrogens (primary N) is 2. The number of hydrogen-bond acceptors (Lipinski definition) is 6. The van der Waals surface area contributed by atoms with Gasteiger partial charge in [-0.15, -0.1) is 0 Å². The van der Waals surface area contributed by atoms with Crippen molar-refractivity contribution in [2.45, 2.75) is 19.8 Å².